The zero-order valence-corrected chi connectivity index (χ0v) is 12.8. The molecule has 0 aliphatic carbocycles. The first-order valence-electron chi connectivity index (χ1n) is 7.85. The molecule has 4 nitrogen and oxygen atoms in total. The summed E-state index contributed by atoms with van der Waals surface area (Å²) < 4.78 is 0. The molecule has 2 N–H and O–H groups in total. The molecule has 1 aliphatic rings. The van der Waals surface area contributed by atoms with Crippen LogP contribution in [0.1, 0.15) is 19.8 Å². The van der Waals surface area contributed by atoms with Crippen molar-refractivity contribution in [1.29, 1.82) is 0 Å². The number of fused-ring (bicyclic) bond motifs is 1. The average Bonchev–Trinajstić information content (AvgIpc) is 2.54. The molecule has 0 saturated carbocycles. The lowest BCUT2D eigenvalue weighted by molar-refractivity contribution is -0.121. The topological polar surface area (TPSA) is 52.6 Å². The van der Waals surface area contributed by atoms with Crippen molar-refractivity contribution in [2.75, 3.05) is 18.4 Å². The second kappa shape index (κ2) is 6.46. The summed E-state index contributed by atoms with van der Waals surface area (Å²) in [6.07, 6.45) is 1.45. The van der Waals surface area contributed by atoms with Crippen LogP contribution in [0.15, 0.2) is 42.5 Å². The Hall–Kier alpha value is -1.91. The maximum Gasteiger partial charge on any atom is 0.241 e. The third kappa shape index (κ3) is 3.29. The molecule has 1 fully saturated rings. The summed E-state index contributed by atoms with van der Waals surface area (Å²) in [7, 11) is 0. The number of carbonyl (C=O) groups is 1. The molecule has 2 unspecified atom stereocenters. The zero-order chi connectivity index (χ0) is 15.5. The Labute approximate surface area is 130 Å². The first-order valence-corrected chi connectivity index (χ1v) is 7.85. The Balaban J connectivity index is 1.69. The molecule has 0 spiro atoms. The van der Waals surface area contributed by atoms with Gasteiger partial charge in [0.25, 0.3) is 0 Å². The van der Waals surface area contributed by atoms with Crippen molar-refractivity contribution in [2.45, 2.75) is 31.9 Å². The van der Waals surface area contributed by atoms with Crippen LogP contribution in [-0.2, 0) is 4.79 Å². The molecule has 1 saturated heterocycles. The normalized spacial score (nSPS) is 20.7. The van der Waals surface area contributed by atoms with Crippen LogP contribution in [0.2, 0.25) is 0 Å². The van der Waals surface area contributed by atoms with Crippen LogP contribution in [0, 0.1) is 0 Å². The summed E-state index contributed by atoms with van der Waals surface area (Å²) in [6.45, 7) is 3.34. The SMILES string of the molecule is CC(C(=O)Nc1ccc2ccccc2c1)N1CCCC(O)C1. The highest BCUT2D eigenvalue weighted by molar-refractivity contribution is 5.97. The summed E-state index contributed by atoms with van der Waals surface area (Å²) in [4.78, 5) is 14.5. The third-order valence-electron chi connectivity index (χ3n) is 4.37. The van der Waals surface area contributed by atoms with Crippen LogP contribution >= 0.6 is 0 Å². The molecule has 0 bridgehead atoms. The molecule has 4 heteroatoms. The van der Waals surface area contributed by atoms with E-state index in [1.807, 2.05) is 48.2 Å². The molecule has 116 valence electrons. The van der Waals surface area contributed by atoms with Gasteiger partial charge < -0.3 is 10.4 Å². The highest BCUT2D eigenvalue weighted by Gasteiger charge is 2.26. The van der Waals surface area contributed by atoms with Crippen molar-refractivity contribution < 1.29 is 9.90 Å². The molecule has 3 rings (SSSR count). The Morgan fingerprint density at radius 1 is 1.27 bits per heavy atom. The number of aliphatic hydroxyl groups excluding tert-OH is 1. The highest BCUT2D eigenvalue weighted by Crippen LogP contribution is 2.20. The van der Waals surface area contributed by atoms with Gasteiger partial charge in [-0.05, 0) is 49.2 Å². The first-order chi connectivity index (χ1) is 10.6. The van der Waals surface area contributed by atoms with E-state index in [0.717, 1.165) is 35.8 Å². The molecule has 1 heterocycles. The van der Waals surface area contributed by atoms with Crippen molar-refractivity contribution in [3.8, 4) is 0 Å². The van der Waals surface area contributed by atoms with E-state index in [-0.39, 0.29) is 18.1 Å². The molecule has 2 aromatic rings. The zero-order valence-electron chi connectivity index (χ0n) is 12.8. The minimum Gasteiger partial charge on any atom is -0.392 e. The Bertz CT molecular complexity index is 671. The lowest BCUT2D eigenvalue weighted by atomic mass is 10.1. The molecular weight excluding hydrogens is 276 g/mol. The second-order valence-electron chi connectivity index (χ2n) is 6.02. The van der Waals surface area contributed by atoms with E-state index < -0.39 is 0 Å². The van der Waals surface area contributed by atoms with Crippen molar-refractivity contribution in [2.24, 2.45) is 0 Å². The number of rotatable bonds is 3. The number of piperidine rings is 1. The van der Waals surface area contributed by atoms with E-state index in [1.165, 1.54) is 0 Å². The van der Waals surface area contributed by atoms with E-state index in [0.29, 0.717) is 6.54 Å². The number of nitrogens with zero attached hydrogens (tertiary/aromatic N) is 1. The van der Waals surface area contributed by atoms with Crippen LogP contribution in [0.4, 0.5) is 5.69 Å². The molecule has 22 heavy (non-hydrogen) atoms. The fourth-order valence-corrected chi connectivity index (χ4v) is 3.01. The Morgan fingerprint density at radius 3 is 2.82 bits per heavy atom. The number of benzene rings is 2. The molecule has 2 aromatic carbocycles. The van der Waals surface area contributed by atoms with Crippen molar-refractivity contribution in [3.63, 3.8) is 0 Å². The largest absolute Gasteiger partial charge is 0.392 e. The lowest BCUT2D eigenvalue weighted by Crippen LogP contribution is -2.48. The van der Waals surface area contributed by atoms with Crippen molar-refractivity contribution in [3.05, 3.63) is 42.5 Å². The van der Waals surface area contributed by atoms with Gasteiger partial charge >= 0.3 is 0 Å². The number of nitrogens with one attached hydrogen (secondary N) is 1. The number of carbonyl (C=O) groups excluding carboxylic acids is 1. The van der Waals surface area contributed by atoms with Gasteiger partial charge in [0.15, 0.2) is 0 Å². The number of likely N-dealkylation sites (tertiary alicyclic amines) is 1. The molecule has 2 atom stereocenters. The van der Waals surface area contributed by atoms with E-state index in [9.17, 15) is 9.90 Å². The van der Waals surface area contributed by atoms with Crippen LogP contribution < -0.4 is 5.32 Å². The molecular formula is C18H22N2O2. The van der Waals surface area contributed by atoms with E-state index in [4.69, 9.17) is 0 Å². The Morgan fingerprint density at radius 2 is 2.05 bits per heavy atom. The van der Waals surface area contributed by atoms with Gasteiger partial charge in [0.1, 0.15) is 0 Å². The monoisotopic (exact) mass is 298 g/mol. The maximum absolute atomic E-state index is 12.4. The quantitative estimate of drug-likeness (QED) is 0.916. The summed E-state index contributed by atoms with van der Waals surface area (Å²) in [5.41, 5.74) is 0.813. The smallest absolute Gasteiger partial charge is 0.241 e. The third-order valence-corrected chi connectivity index (χ3v) is 4.37. The van der Waals surface area contributed by atoms with Gasteiger partial charge in [-0.15, -0.1) is 0 Å². The number of amides is 1. The van der Waals surface area contributed by atoms with Crippen LogP contribution in [0.25, 0.3) is 10.8 Å². The average molecular weight is 298 g/mol. The predicted octanol–water partition coefficient (Wildman–Crippen LogP) is 2.62. The minimum atomic E-state index is -0.315. The number of aliphatic hydroxyl groups is 1. The maximum atomic E-state index is 12.4. The van der Waals surface area contributed by atoms with Gasteiger partial charge in [0.05, 0.1) is 12.1 Å². The molecule has 0 radical (unpaired) electrons. The van der Waals surface area contributed by atoms with E-state index in [2.05, 4.69) is 11.4 Å². The number of hydrogen-bond donors (Lipinski definition) is 2. The second-order valence-corrected chi connectivity index (χ2v) is 6.02. The summed E-state index contributed by atoms with van der Waals surface area (Å²) in [5, 5.41) is 15.0. The van der Waals surface area contributed by atoms with Crippen LogP contribution in [0.5, 0.6) is 0 Å². The van der Waals surface area contributed by atoms with Gasteiger partial charge in [-0.25, -0.2) is 0 Å². The predicted molar refractivity (Wildman–Crippen MR) is 88.9 cm³/mol. The fourth-order valence-electron chi connectivity index (χ4n) is 3.01. The summed E-state index contributed by atoms with van der Waals surface area (Å²) in [5.74, 6) is -0.0237. The van der Waals surface area contributed by atoms with E-state index in [1.54, 1.807) is 0 Å². The van der Waals surface area contributed by atoms with Gasteiger partial charge in [0, 0.05) is 12.2 Å². The summed E-state index contributed by atoms with van der Waals surface area (Å²) >= 11 is 0. The minimum absolute atomic E-state index is 0.0237. The fraction of sp³-hybridized carbons (Fsp3) is 0.389. The van der Waals surface area contributed by atoms with Crippen molar-refractivity contribution >= 4 is 22.4 Å². The van der Waals surface area contributed by atoms with Gasteiger partial charge in [0.2, 0.25) is 5.91 Å². The molecule has 1 aliphatic heterocycles. The van der Waals surface area contributed by atoms with Gasteiger partial charge in [-0.3, -0.25) is 9.69 Å². The summed E-state index contributed by atoms with van der Waals surface area (Å²) in [6, 6.07) is 13.8. The molecule has 0 aromatic heterocycles. The number of anilines is 1. The van der Waals surface area contributed by atoms with Gasteiger partial charge in [-0.2, -0.15) is 0 Å². The van der Waals surface area contributed by atoms with Crippen molar-refractivity contribution in [1.82, 2.24) is 4.90 Å². The van der Waals surface area contributed by atoms with Crippen LogP contribution in [0.3, 0.4) is 0 Å². The Kier molecular flexibility index (Phi) is 4.41. The highest BCUT2D eigenvalue weighted by atomic mass is 16.3. The van der Waals surface area contributed by atoms with Gasteiger partial charge in [-0.1, -0.05) is 30.3 Å². The van der Waals surface area contributed by atoms with Crippen LogP contribution in [-0.4, -0.2) is 41.1 Å². The standard InChI is InChI=1S/C18H22N2O2/c1-13(20-10-4-7-17(21)12-20)18(22)19-16-9-8-14-5-2-3-6-15(14)11-16/h2-3,5-6,8-9,11,13,17,21H,4,7,10,12H2,1H3,(H,19,22). The number of hydrogen-bond acceptors (Lipinski definition) is 3. The first kappa shape index (κ1) is 15.0. The molecule has 1 amide bonds. The van der Waals surface area contributed by atoms with E-state index >= 15 is 0 Å². The lowest BCUT2D eigenvalue weighted by Gasteiger charge is -2.33. The number of β-amino-alcohol motifs (C(OH)–C–C–N with tert-alkyl or cyclic N) is 1.